The van der Waals surface area contributed by atoms with Crippen LogP contribution in [0.25, 0.3) is 0 Å². The molecule has 0 saturated heterocycles. The van der Waals surface area contributed by atoms with Crippen LogP contribution >= 0.6 is 11.8 Å². The summed E-state index contributed by atoms with van der Waals surface area (Å²) in [5.74, 6) is 3.01. The molecule has 1 N–H and O–H groups in total. The van der Waals surface area contributed by atoms with E-state index in [-0.39, 0.29) is 0 Å². The Kier molecular flexibility index (Phi) is 7.12. The summed E-state index contributed by atoms with van der Waals surface area (Å²) >= 11 is 2.04. The van der Waals surface area contributed by atoms with Gasteiger partial charge in [0.2, 0.25) is 0 Å². The highest BCUT2D eigenvalue weighted by atomic mass is 32.2. The third-order valence-corrected chi connectivity index (χ3v) is 6.28. The smallest absolute Gasteiger partial charge is 0.0192 e. The minimum Gasteiger partial charge on any atom is -0.313 e. The normalized spacial score (nSPS) is 24.0. The van der Waals surface area contributed by atoms with Gasteiger partial charge in [-0.3, -0.25) is 0 Å². The van der Waals surface area contributed by atoms with Gasteiger partial charge in [0.05, 0.1) is 0 Å². The molecule has 3 unspecified atom stereocenters. The zero-order valence-corrected chi connectivity index (χ0v) is 14.7. The second-order valence-electron chi connectivity index (χ2n) is 6.36. The average Bonchev–Trinajstić information content (AvgIpc) is 2.53. The monoisotopic (exact) mass is 305 g/mol. The number of hydrogen-bond acceptors (Lipinski definition) is 2. The highest BCUT2D eigenvalue weighted by Gasteiger charge is 2.30. The number of aryl methyl sites for hydroxylation is 1. The van der Waals surface area contributed by atoms with Crippen LogP contribution in [-0.4, -0.2) is 18.3 Å². The number of hydrogen-bond donors (Lipinski definition) is 1. The Morgan fingerprint density at radius 3 is 2.67 bits per heavy atom. The van der Waals surface area contributed by atoms with Crippen molar-refractivity contribution < 1.29 is 0 Å². The van der Waals surface area contributed by atoms with Crippen LogP contribution in [0.4, 0.5) is 0 Å². The van der Waals surface area contributed by atoms with Crippen molar-refractivity contribution in [2.45, 2.75) is 63.8 Å². The van der Waals surface area contributed by atoms with Crippen LogP contribution in [0.5, 0.6) is 0 Å². The third-order valence-electron chi connectivity index (χ3n) is 4.99. The highest BCUT2D eigenvalue weighted by molar-refractivity contribution is 7.99. The first-order chi connectivity index (χ1) is 10.3. The van der Waals surface area contributed by atoms with Crippen molar-refractivity contribution >= 4 is 11.8 Å². The molecule has 0 spiro atoms. The largest absolute Gasteiger partial charge is 0.313 e. The van der Waals surface area contributed by atoms with Crippen molar-refractivity contribution in [2.24, 2.45) is 11.8 Å². The van der Waals surface area contributed by atoms with Gasteiger partial charge in [-0.05, 0) is 43.4 Å². The minimum absolute atomic E-state index is 0.671. The molecule has 1 saturated carbocycles. The van der Waals surface area contributed by atoms with Crippen molar-refractivity contribution in [2.75, 3.05) is 12.3 Å². The van der Waals surface area contributed by atoms with Gasteiger partial charge in [0, 0.05) is 16.7 Å². The van der Waals surface area contributed by atoms with Gasteiger partial charge >= 0.3 is 0 Å². The first kappa shape index (κ1) is 16.9. The molecule has 1 aromatic rings. The van der Waals surface area contributed by atoms with Gasteiger partial charge in [-0.2, -0.15) is 0 Å². The molecule has 2 rings (SSSR count). The molecule has 118 valence electrons. The summed E-state index contributed by atoms with van der Waals surface area (Å²) in [5, 5.41) is 3.79. The minimum atomic E-state index is 0.671. The van der Waals surface area contributed by atoms with Gasteiger partial charge in [-0.1, -0.05) is 57.7 Å². The molecule has 0 radical (unpaired) electrons. The van der Waals surface area contributed by atoms with Crippen molar-refractivity contribution in [1.82, 2.24) is 5.32 Å². The summed E-state index contributed by atoms with van der Waals surface area (Å²) < 4.78 is 0. The van der Waals surface area contributed by atoms with Crippen LogP contribution in [0, 0.1) is 18.8 Å². The number of benzene rings is 1. The molecule has 0 amide bonds. The van der Waals surface area contributed by atoms with E-state index in [0.717, 1.165) is 18.4 Å². The summed E-state index contributed by atoms with van der Waals surface area (Å²) in [4.78, 5) is 1.45. The zero-order chi connectivity index (χ0) is 15.1. The maximum Gasteiger partial charge on any atom is 0.0192 e. The second kappa shape index (κ2) is 8.85. The Hall–Kier alpha value is -0.470. The van der Waals surface area contributed by atoms with Crippen molar-refractivity contribution in [3.63, 3.8) is 0 Å². The van der Waals surface area contributed by atoms with Crippen LogP contribution in [0.2, 0.25) is 0 Å². The van der Waals surface area contributed by atoms with Crippen LogP contribution in [-0.2, 0) is 0 Å². The van der Waals surface area contributed by atoms with Crippen LogP contribution in [0.15, 0.2) is 29.2 Å². The fourth-order valence-electron chi connectivity index (χ4n) is 3.77. The quantitative estimate of drug-likeness (QED) is 0.688. The van der Waals surface area contributed by atoms with Gasteiger partial charge in [0.25, 0.3) is 0 Å². The lowest BCUT2D eigenvalue weighted by atomic mass is 9.74. The molecule has 0 bridgehead atoms. The number of nitrogens with one attached hydrogen (secondary N) is 1. The predicted octanol–water partition coefficient (Wildman–Crippen LogP) is 5.28. The first-order valence-corrected chi connectivity index (χ1v) is 9.66. The molecule has 1 nitrogen and oxygen atoms in total. The maximum atomic E-state index is 3.79. The summed E-state index contributed by atoms with van der Waals surface area (Å²) in [6, 6.07) is 9.45. The lowest BCUT2D eigenvalue weighted by molar-refractivity contribution is 0.186. The first-order valence-electron chi connectivity index (χ1n) is 8.68. The van der Waals surface area contributed by atoms with Crippen molar-refractivity contribution in [1.29, 1.82) is 0 Å². The standard InChI is InChI=1S/C19H31NS/c1-4-16-11-7-8-12-17(16)18(20-5-2)14-21-19-13-9-6-10-15(19)3/h6,9-10,13,16-18,20H,4-5,7-8,11-12,14H2,1-3H3. The zero-order valence-electron chi connectivity index (χ0n) is 13.9. The summed E-state index contributed by atoms with van der Waals surface area (Å²) in [6.45, 7) is 7.93. The van der Waals surface area contributed by atoms with Gasteiger partial charge in [0.1, 0.15) is 0 Å². The van der Waals surface area contributed by atoms with E-state index in [9.17, 15) is 0 Å². The highest BCUT2D eigenvalue weighted by Crippen LogP contribution is 2.36. The number of thioether (sulfide) groups is 1. The lowest BCUT2D eigenvalue weighted by Crippen LogP contribution is -2.42. The topological polar surface area (TPSA) is 12.0 Å². The van der Waals surface area contributed by atoms with Gasteiger partial charge in [-0.25, -0.2) is 0 Å². The van der Waals surface area contributed by atoms with Crippen LogP contribution in [0.3, 0.4) is 0 Å². The molecule has 1 aliphatic rings. The molecular formula is C19H31NS. The van der Waals surface area contributed by atoms with Crippen molar-refractivity contribution in [3.05, 3.63) is 29.8 Å². The summed E-state index contributed by atoms with van der Waals surface area (Å²) in [6.07, 6.45) is 7.08. The fraction of sp³-hybridized carbons (Fsp3) is 0.684. The summed E-state index contributed by atoms with van der Waals surface area (Å²) in [7, 11) is 0. The molecule has 0 aliphatic heterocycles. The van der Waals surface area contributed by atoms with Gasteiger partial charge < -0.3 is 5.32 Å². The van der Waals surface area contributed by atoms with Gasteiger partial charge in [-0.15, -0.1) is 11.8 Å². The third kappa shape index (κ3) is 4.75. The van der Waals surface area contributed by atoms with E-state index < -0.39 is 0 Å². The predicted molar refractivity (Wildman–Crippen MR) is 95.1 cm³/mol. The summed E-state index contributed by atoms with van der Waals surface area (Å²) in [5.41, 5.74) is 1.41. The van der Waals surface area contributed by atoms with E-state index in [0.29, 0.717) is 6.04 Å². The van der Waals surface area contributed by atoms with Crippen LogP contribution in [0.1, 0.15) is 51.5 Å². The molecule has 2 heteroatoms. The van der Waals surface area contributed by atoms with E-state index in [4.69, 9.17) is 0 Å². The molecule has 1 aliphatic carbocycles. The van der Waals surface area contributed by atoms with E-state index in [1.54, 1.807) is 0 Å². The Bertz CT molecular complexity index is 418. The molecule has 1 fully saturated rings. The lowest BCUT2D eigenvalue weighted by Gasteiger charge is -2.37. The molecule has 0 heterocycles. The fourth-order valence-corrected chi connectivity index (χ4v) is 4.96. The number of rotatable bonds is 7. The molecular weight excluding hydrogens is 274 g/mol. The van der Waals surface area contributed by atoms with E-state index in [1.807, 2.05) is 11.8 Å². The van der Waals surface area contributed by atoms with E-state index in [2.05, 4.69) is 50.4 Å². The SMILES string of the molecule is CCNC(CSc1ccccc1C)C1CCCCC1CC. The Labute approximate surface area is 135 Å². The van der Waals surface area contributed by atoms with Gasteiger partial charge in [0.15, 0.2) is 0 Å². The van der Waals surface area contributed by atoms with E-state index in [1.165, 1.54) is 48.3 Å². The van der Waals surface area contributed by atoms with Crippen molar-refractivity contribution in [3.8, 4) is 0 Å². The molecule has 21 heavy (non-hydrogen) atoms. The Morgan fingerprint density at radius 2 is 1.95 bits per heavy atom. The Morgan fingerprint density at radius 1 is 1.19 bits per heavy atom. The second-order valence-corrected chi connectivity index (χ2v) is 7.42. The average molecular weight is 306 g/mol. The molecule has 1 aromatic carbocycles. The maximum absolute atomic E-state index is 3.79. The molecule has 3 atom stereocenters. The van der Waals surface area contributed by atoms with E-state index >= 15 is 0 Å². The molecule has 0 aromatic heterocycles. The van der Waals surface area contributed by atoms with Crippen LogP contribution < -0.4 is 5.32 Å². The Balaban J connectivity index is 1.99.